The highest BCUT2D eigenvalue weighted by atomic mass is 79.9. The average Bonchev–Trinajstić information content (AvgIpc) is 2.90. The number of allylic oxidation sites excluding steroid dienone is 1. The maximum Gasteiger partial charge on any atom is 0.282 e. The summed E-state index contributed by atoms with van der Waals surface area (Å²) in [7, 11) is 0. The van der Waals surface area contributed by atoms with Crippen LogP contribution in [0.25, 0.3) is 10.9 Å². The van der Waals surface area contributed by atoms with Crippen LogP contribution in [0.5, 0.6) is 11.5 Å². The van der Waals surface area contributed by atoms with E-state index in [1.807, 2.05) is 50.3 Å². The molecule has 1 fully saturated rings. The lowest BCUT2D eigenvalue weighted by Gasteiger charge is -2.23. The molecular formula is C30H36BrN3O3. The molecule has 1 aromatic heterocycles. The Morgan fingerprint density at radius 1 is 1.22 bits per heavy atom. The molecule has 0 bridgehead atoms. The summed E-state index contributed by atoms with van der Waals surface area (Å²) in [5.41, 5.74) is 2.35. The number of nitrogens with zero attached hydrogens (tertiary/aromatic N) is 3. The lowest BCUT2D eigenvalue weighted by Crippen LogP contribution is -2.25. The second-order valence-corrected chi connectivity index (χ2v) is 10.5. The molecule has 0 N–H and O–H groups in total. The van der Waals surface area contributed by atoms with E-state index in [1.54, 1.807) is 6.21 Å². The van der Waals surface area contributed by atoms with Crippen molar-refractivity contribution in [1.29, 1.82) is 0 Å². The highest BCUT2D eigenvalue weighted by Gasteiger charge is 2.23. The number of aromatic nitrogens is 2. The molecule has 4 rings (SSSR count). The van der Waals surface area contributed by atoms with Crippen LogP contribution in [0, 0.1) is 0 Å². The van der Waals surface area contributed by atoms with Crippen molar-refractivity contribution in [2.24, 2.45) is 5.10 Å². The van der Waals surface area contributed by atoms with Crippen LogP contribution in [0.15, 0.2) is 57.4 Å². The van der Waals surface area contributed by atoms with E-state index in [4.69, 9.17) is 19.6 Å². The van der Waals surface area contributed by atoms with Crippen LogP contribution in [0.2, 0.25) is 0 Å². The first-order chi connectivity index (χ1) is 17.9. The first-order valence-corrected chi connectivity index (χ1v) is 14.1. The average molecular weight is 567 g/mol. The van der Waals surface area contributed by atoms with E-state index in [0.29, 0.717) is 29.7 Å². The number of benzene rings is 2. The predicted molar refractivity (Wildman–Crippen MR) is 154 cm³/mol. The molecule has 0 spiro atoms. The third-order valence-corrected chi connectivity index (χ3v) is 7.33. The van der Waals surface area contributed by atoms with Crippen molar-refractivity contribution >= 4 is 33.0 Å². The van der Waals surface area contributed by atoms with Crippen LogP contribution in [0.1, 0.15) is 82.2 Å². The summed E-state index contributed by atoms with van der Waals surface area (Å²) in [5.74, 6) is 2.37. The Morgan fingerprint density at radius 3 is 2.70 bits per heavy atom. The molecule has 3 aromatic rings. The molecule has 0 radical (unpaired) electrons. The summed E-state index contributed by atoms with van der Waals surface area (Å²) < 4.78 is 14.5. The molecule has 0 unspecified atom stereocenters. The minimum atomic E-state index is -0.156. The normalized spacial score (nSPS) is 15.2. The lowest BCUT2D eigenvalue weighted by atomic mass is 9.88. The van der Waals surface area contributed by atoms with Gasteiger partial charge >= 0.3 is 0 Å². The fourth-order valence-corrected chi connectivity index (χ4v) is 5.13. The van der Waals surface area contributed by atoms with Gasteiger partial charge < -0.3 is 9.47 Å². The minimum absolute atomic E-state index is 0.0573. The Balaban J connectivity index is 1.83. The van der Waals surface area contributed by atoms with E-state index >= 15 is 0 Å². The van der Waals surface area contributed by atoms with Gasteiger partial charge in [0.1, 0.15) is 5.82 Å². The van der Waals surface area contributed by atoms with Crippen molar-refractivity contribution in [3.05, 3.63) is 74.8 Å². The van der Waals surface area contributed by atoms with Crippen LogP contribution >= 0.6 is 15.9 Å². The van der Waals surface area contributed by atoms with Gasteiger partial charge in [-0.3, -0.25) is 4.79 Å². The highest BCUT2D eigenvalue weighted by molar-refractivity contribution is 9.10. The Bertz CT molecular complexity index is 1340. The van der Waals surface area contributed by atoms with E-state index in [-0.39, 0.29) is 17.6 Å². The maximum absolute atomic E-state index is 13.6. The van der Waals surface area contributed by atoms with Crippen molar-refractivity contribution in [2.45, 2.75) is 77.7 Å². The Morgan fingerprint density at radius 2 is 2.00 bits per heavy atom. The second-order valence-electron chi connectivity index (χ2n) is 9.60. The Kier molecular flexibility index (Phi) is 9.19. The van der Waals surface area contributed by atoms with Crippen LogP contribution < -0.4 is 15.0 Å². The van der Waals surface area contributed by atoms with E-state index < -0.39 is 0 Å². The maximum atomic E-state index is 13.6. The number of rotatable bonds is 10. The molecule has 1 heterocycles. The Hall–Kier alpha value is -2.93. The SMILES string of the molecule is C=CCc1cc(C=Nn2c(C3CCCCC3)nc3ccc(Br)cc3c2=O)cc(OCC)c1O[C@@H](C)CC. The number of hydrogen-bond donors (Lipinski definition) is 0. The molecule has 196 valence electrons. The quantitative estimate of drug-likeness (QED) is 0.190. The van der Waals surface area contributed by atoms with Crippen molar-refractivity contribution < 1.29 is 9.47 Å². The zero-order valence-electron chi connectivity index (χ0n) is 22.0. The van der Waals surface area contributed by atoms with Gasteiger partial charge in [-0.15, -0.1) is 6.58 Å². The van der Waals surface area contributed by atoms with Crippen molar-refractivity contribution in [2.75, 3.05) is 6.61 Å². The highest BCUT2D eigenvalue weighted by Crippen LogP contribution is 2.35. The lowest BCUT2D eigenvalue weighted by molar-refractivity contribution is 0.201. The molecule has 1 aliphatic rings. The van der Waals surface area contributed by atoms with Gasteiger partial charge in [-0.25, -0.2) is 4.98 Å². The number of fused-ring (bicyclic) bond motifs is 1. The number of hydrogen-bond acceptors (Lipinski definition) is 5. The van der Waals surface area contributed by atoms with Crippen LogP contribution in [-0.2, 0) is 6.42 Å². The van der Waals surface area contributed by atoms with Crippen LogP contribution in [0.4, 0.5) is 0 Å². The van der Waals surface area contributed by atoms with Gasteiger partial charge in [-0.1, -0.05) is 48.2 Å². The fourth-order valence-electron chi connectivity index (χ4n) is 4.77. The molecule has 0 amide bonds. The standard InChI is InChI=1S/C30H36BrN3O3/c1-5-11-23-16-21(17-27(36-7-3)28(23)37-20(4)6-2)19-32-34-29(22-12-9-8-10-13-22)33-26-15-14-24(31)18-25(26)30(34)35/h5,14-20,22H,1,6-13H2,2-4H3/t20-/m0/s1. The van der Waals surface area contributed by atoms with Gasteiger partial charge in [0.25, 0.3) is 5.56 Å². The summed E-state index contributed by atoms with van der Waals surface area (Å²) in [4.78, 5) is 18.6. The first-order valence-electron chi connectivity index (χ1n) is 13.3. The van der Waals surface area contributed by atoms with Crippen LogP contribution in [0.3, 0.4) is 0 Å². The third kappa shape index (κ3) is 6.32. The third-order valence-electron chi connectivity index (χ3n) is 6.84. The van der Waals surface area contributed by atoms with Gasteiger partial charge in [-0.05, 0) is 75.4 Å². The molecule has 1 atom stereocenters. The van der Waals surface area contributed by atoms with Crippen molar-refractivity contribution in [1.82, 2.24) is 9.66 Å². The van der Waals surface area contributed by atoms with Gasteiger partial charge in [0.15, 0.2) is 11.5 Å². The summed E-state index contributed by atoms with van der Waals surface area (Å²) in [6.07, 6.45) is 10.7. The summed E-state index contributed by atoms with van der Waals surface area (Å²) >= 11 is 3.49. The summed E-state index contributed by atoms with van der Waals surface area (Å²) in [5, 5.41) is 5.27. The van der Waals surface area contributed by atoms with Gasteiger partial charge in [0.05, 0.1) is 29.8 Å². The summed E-state index contributed by atoms with van der Waals surface area (Å²) in [6, 6.07) is 9.59. The summed E-state index contributed by atoms with van der Waals surface area (Å²) in [6.45, 7) is 10.5. The molecular weight excluding hydrogens is 530 g/mol. The largest absolute Gasteiger partial charge is 0.490 e. The van der Waals surface area contributed by atoms with Crippen LogP contribution in [-0.4, -0.2) is 28.6 Å². The Labute approximate surface area is 227 Å². The zero-order valence-corrected chi connectivity index (χ0v) is 23.6. The van der Waals surface area contributed by atoms with E-state index in [1.165, 1.54) is 11.1 Å². The van der Waals surface area contributed by atoms with Crippen molar-refractivity contribution in [3.63, 3.8) is 0 Å². The predicted octanol–water partition coefficient (Wildman–Crippen LogP) is 7.39. The molecule has 0 saturated heterocycles. The fraction of sp³-hybridized carbons (Fsp3) is 0.433. The second kappa shape index (κ2) is 12.5. The smallest absolute Gasteiger partial charge is 0.282 e. The van der Waals surface area contributed by atoms with Gasteiger partial charge in [-0.2, -0.15) is 9.78 Å². The molecule has 6 nitrogen and oxygen atoms in total. The van der Waals surface area contributed by atoms with E-state index in [2.05, 4.69) is 29.4 Å². The molecule has 0 aliphatic heterocycles. The molecule has 37 heavy (non-hydrogen) atoms. The topological polar surface area (TPSA) is 65.7 Å². The van der Waals surface area contributed by atoms with Crippen molar-refractivity contribution in [3.8, 4) is 11.5 Å². The minimum Gasteiger partial charge on any atom is -0.490 e. The van der Waals surface area contributed by atoms with Gasteiger partial charge in [0.2, 0.25) is 0 Å². The molecule has 1 aliphatic carbocycles. The molecule has 1 saturated carbocycles. The van der Waals surface area contributed by atoms with E-state index in [9.17, 15) is 4.79 Å². The number of halogens is 1. The zero-order chi connectivity index (χ0) is 26.4. The number of ether oxygens (including phenoxy) is 2. The monoisotopic (exact) mass is 565 g/mol. The molecule has 2 aromatic carbocycles. The van der Waals surface area contributed by atoms with E-state index in [0.717, 1.165) is 59.3 Å². The first kappa shape index (κ1) is 27.1. The molecule has 7 heteroatoms. The van der Waals surface area contributed by atoms with Gasteiger partial charge in [0, 0.05) is 16.0 Å².